The number of nitrogens with one attached hydrogen (secondary N) is 2. The minimum Gasteiger partial charge on any atom is -0.324 e. The fourth-order valence-corrected chi connectivity index (χ4v) is 2.17. The van der Waals surface area contributed by atoms with Gasteiger partial charge in [0.05, 0.1) is 16.8 Å². The van der Waals surface area contributed by atoms with Gasteiger partial charge in [0.2, 0.25) is 5.95 Å². The lowest BCUT2D eigenvalue weighted by atomic mass is 10.2. The molecule has 1 aromatic heterocycles. The molecule has 1 heterocycles. The average Bonchev–Trinajstić information content (AvgIpc) is 2.64. The summed E-state index contributed by atoms with van der Waals surface area (Å²) in [5.41, 5.74) is -0.683. The summed E-state index contributed by atoms with van der Waals surface area (Å²) >= 11 is 0. The molecule has 28 heavy (non-hydrogen) atoms. The first-order valence-corrected chi connectivity index (χ1v) is 7.75. The van der Waals surface area contributed by atoms with Gasteiger partial charge in [0, 0.05) is 24.1 Å². The van der Waals surface area contributed by atoms with Crippen molar-refractivity contribution in [1.82, 2.24) is 9.97 Å². The van der Waals surface area contributed by atoms with Crippen LogP contribution in [0.3, 0.4) is 0 Å². The quantitative estimate of drug-likeness (QED) is 0.626. The van der Waals surface area contributed by atoms with E-state index in [-0.39, 0.29) is 17.2 Å². The van der Waals surface area contributed by atoms with Gasteiger partial charge < -0.3 is 10.6 Å². The third-order valence-electron chi connectivity index (χ3n) is 3.56. The van der Waals surface area contributed by atoms with Crippen molar-refractivity contribution in [2.45, 2.75) is 6.18 Å². The van der Waals surface area contributed by atoms with Crippen molar-refractivity contribution in [3.8, 4) is 0 Å². The number of benzene rings is 2. The first-order chi connectivity index (χ1) is 13.2. The Morgan fingerprint density at radius 1 is 0.929 bits per heavy atom. The third-order valence-corrected chi connectivity index (χ3v) is 3.56. The second-order valence-electron chi connectivity index (χ2n) is 5.57. The number of alkyl halides is 3. The number of hydrogen-bond donors (Lipinski definition) is 2. The SMILES string of the molecule is O=C(Nc1ccc(F)cc1F)c1cnc(Nc2ccc(C(F)(F)F)cc2)nc1. The number of aromatic nitrogens is 2. The summed E-state index contributed by atoms with van der Waals surface area (Å²) in [6.07, 6.45) is -2.14. The van der Waals surface area contributed by atoms with Gasteiger partial charge in [0.15, 0.2) is 0 Å². The molecular formula is C18H11F5N4O. The van der Waals surface area contributed by atoms with E-state index in [1.165, 1.54) is 12.1 Å². The van der Waals surface area contributed by atoms with Crippen molar-refractivity contribution in [3.63, 3.8) is 0 Å². The number of anilines is 3. The molecule has 0 aliphatic carbocycles. The van der Waals surface area contributed by atoms with Crippen LogP contribution in [0.5, 0.6) is 0 Å². The van der Waals surface area contributed by atoms with Gasteiger partial charge in [-0.1, -0.05) is 0 Å². The number of amides is 1. The van der Waals surface area contributed by atoms with Crippen LogP contribution in [0.4, 0.5) is 39.3 Å². The molecule has 2 N–H and O–H groups in total. The molecule has 0 saturated carbocycles. The lowest BCUT2D eigenvalue weighted by Crippen LogP contribution is -2.14. The zero-order valence-corrected chi connectivity index (χ0v) is 13.9. The molecule has 0 unspecified atom stereocenters. The Morgan fingerprint density at radius 3 is 2.14 bits per heavy atom. The van der Waals surface area contributed by atoms with Crippen molar-refractivity contribution >= 4 is 23.2 Å². The van der Waals surface area contributed by atoms with E-state index in [1.54, 1.807) is 0 Å². The Bertz CT molecular complexity index is 988. The van der Waals surface area contributed by atoms with Crippen molar-refractivity contribution in [1.29, 1.82) is 0 Å². The highest BCUT2D eigenvalue weighted by Gasteiger charge is 2.29. The van der Waals surface area contributed by atoms with Crippen molar-refractivity contribution in [2.24, 2.45) is 0 Å². The van der Waals surface area contributed by atoms with Crippen molar-refractivity contribution in [2.75, 3.05) is 10.6 Å². The van der Waals surface area contributed by atoms with Crippen LogP contribution in [0.15, 0.2) is 54.9 Å². The number of carbonyl (C=O) groups excluding carboxylic acids is 1. The van der Waals surface area contributed by atoms with Gasteiger partial charge in [-0.25, -0.2) is 18.7 Å². The number of halogens is 5. The summed E-state index contributed by atoms with van der Waals surface area (Å²) in [6, 6.07) is 6.93. The number of carbonyl (C=O) groups is 1. The van der Waals surface area contributed by atoms with Gasteiger partial charge in [-0.3, -0.25) is 4.79 Å². The molecular weight excluding hydrogens is 383 g/mol. The molecule has 3 rings (SSSR count). The molecule has 2 aromatic carbocycles. The third kappa shape index (κ3) is 4.58. The maximum atomic E-state index is 13.6. The van der Waals surface area contributed by atoms with Crippen LogP contribution in [-0.4, -0.2) is 15.9 Å². The van der Waals surface area contributed by atoms with Gasteiger partial charge in [-0.15, -0.1) is 0 Å². The molecule has 3 aromatic rings. The molecule has 0 fully saturated rings. The Labute approximate surface area is 155 Å². The monoisotopic (exact) mass is 394 g/mol. The maximum Gasteiger partial charge on any atom is 0.416 e. The minimum atomic E-state index is -4.44. The predicted octanol–water partition coefficient (Wildman–Crippen LogP) is 4.77. The molecule has 0 radical (unpaired) electrons. The topological polar surface area (TPSA) is 66.9 Å². The fourth-order valence-electron chi connectivity index (χ4n) is 2.17. The van der Waals surface area contributed by atoms with Gasteiger partial charge in [-0.05, 0) is 36.4 Å². The predicted molar refractivity (Wildman–Crippen MR) is 91.1 cm³/mol. The summed E-state index contributed by atoms with van der Waals surface area (Å²) in [5.74, 6) is -2.39. The first kappa shape index (κ1) is 19.2. The highest BCUT2D eigenvalue weighted by molar-refractivity contribution is 6.03. The lowest BCUT2D eigenvalue weighted by molar-refractivity contribution is -0.137. The van der Waals surface area contributed by atoms with Gasteiger partial charge >= 0.3 is 6.18 Å². The van der Waals surface area contributed by atoms with Gasteiger partial charge in [0.1, 0.15) is 11.6 Å². The number of rotatable bonds is 4. The highest BCUT2D eigenvalue weighted by Crippen LogP contribution is 2.30. The molecule has 0 spiro atoms. The molecule has 0 saturated heterocycles. The van der Waals surface area contributed by atoms with Crippen LogP contribution < -0.4 is 10.6 Å². The number of hydrogen-bond acceptors (Lipinski definition) is 4. The van der Waals surface area contributed by atoms with Crippen molar-refractivity contribution < 1.29 is 26.7 Å². The molecule has 0 bridgehead atoms. The average molecular weight is 394 g/mol. The Morgan fingerprint density at radius 2 is 1.57 bits per heavy atom. The molecule has 144 valence electrons. The zero-order valence-electron chi connectivity index (χ0n) is 13.9. The van der Waals surface area contributed by atoms with E-state index in [2.05, 4.69) is 20.6 Å². The van der Waals surface area contributed by atoms with Crippen LogP contribution in [0.2, 0.25) is 0 Å². The van der Waals surface area contributed by atoms with E-state index in [4.69, 9.17) is 0 Å². The summed E-state index contributed by atoms with van der Waals surface area (Å²) < 4.78 is 64.1. The van der Waals surface area contributed by atoms with Crippen LogP contribution >= 0.6 is 0 Å². The largest absolute Gasteiger partial charge is 0.416 e. The van der Waals surface area contributed by atoms with E-state index in [1.807, 2.05) is 0 Å². The minimum absolute atomic E-state index is 0.00157. The second kappa shape index (κ2) is 7.59. The van der Waals surface area contributed by atoms with Gasteiger partial charge in [-0.2, -0.15) is 13.2 Å². The smallest absolute Gasteiger partial charge is 0.324 e. The normalized spacial score (nSPS) is 11.2. The van der Waals surface area contributed by atoms with Crippen LogP contribution in [0.1, 0.15) is 15.9 Å². The zero-order chi connectivity index (χ0) is 20.3. The van der Waals surface area contributed by atoms with Crippen LogP contribution in [0, 0.1) is 11.6 Å². The van der Waals surface area contributed by atoms with E-state index in [9.17, 15) is 26.7 Å². The molecule has 10 heteroatoms. The Balaban J connectivity index is 1.66. The summed E-state index contributed by atoms with van der Waals surface area (Å²) in [6.45, 7) is 0. The summed E-state index contributed by atoms with van der Waals surface area (Å²) in [4.78, 5) is 19.8. The molecule has 1 amide bonds. The second-order valence-corrected chi connectivity index (χ2v) is 5.57. The Kier molecular flexibility index (Phi) is 5.21. The van der Waals surface area contributed by atoms with E-state index >= 15 is 0 Å². The van der Waals surface area contributed by atoms with E-state index in [0.29, 0.717) is 11.8 Å². The number of nitrogens with zero attached hydrogens (tertiary/aromatic N) is 2. The lowest BCUT2D eigenvalue weighted by Gasteiger charge is -2.09. The highest BCUT2D eigenvalue weighted by atomic mass is 19.4. The van der Waals surface area contributed by atoms with Gasteiger partial charge in [0.25, 0.3) is 5.91 Å². The van der Waals surface area contributed by atoms with E-state index in [0.717, 1.165) is 36.7 Å². The molecule has 0 aliphatic heterocycles. The Hall–Kier alpha value is -3.56. The van der Waals surface area contributed by atoms with Crippen molar-refractivity contribution in [3.05, 3.63) is 77.6 Å². The van der Waals surface area contributed by atoms with E-state index < -0.39 is 29.3 Å². The maximum absolute atomic E-state index is 13.6. The fraction of sp³-hybridized carbons (Fsp3) is 0.0556. The molecule has 5 nitrogen and oxygen atoms in total. The summed E-state index contributed by atoms with van der Waals surface area (Å²) in [7, 11) is 0. The first-order valence-electron chi connectivity index (χ1n) is 7.75. The molecule has 0 aliphatic rings. The summed E-state index contributed by atoms with van der Waals surface area (Å²) in [5, 5.41) is 4.95. The standard InChI is InChI=1S/C18H11F5N4O/c19-12-3-6-15(14(20)7-12)27-16(28)10-8-24-17(25-9-10)26-13-4-1-11(2-5-13)18(21,22)23/h1-9H,(H,27,28)(H,24,25,26). The molecule has 0 atom stereocenters. The van der Waals surface area contributed by atoms with Crippen LogP contribution in [-0.2, 0) is 6.18 Å². The van der Waals surface area contributed by atoms with Crippen LogP contribution in [0.25, 0.3) is 0 Å².